The van der Waals surface area contributed by atoms with Gasteiger partial charge in [-0.1, -0.05) is 11.6 Å². The molecule has 6 heteroatoms. The highest BCUT2D eigenvalue weighted by atomic mass is 16.5. The Labute approximate surface area is 138 Å². The van der Waals surface area contributed by atoms with Crippen LogP contribution in [0.1, 0.15) is 56.5 Å². The van der Waals surface area contributed by atoms with E-state index in [0.717, 1.165) is 18.4 Å². The first kappa shape index (κ1) is 18.0. The molecule has 0 unspecified atom stereocenters. The molecular weight excluding hydrogens is 293 g/mol. The molecule has 0 heterocycles. The summed E-state index contributed by atoms with van der Waals surface area (Å²) in [5, 5.41) is 23.4. The highest BCUT2D eigenvalue weighted by molar-refractivity contribution is 6.60. The zero-order chi connectivity index (χ0) is 17.4. The van der Waals surface area contributed by atoms with Crippen LogP contribution in [-0.4, -0.2) is 40.4 Å². The maximum atomic E-state index is 12.1. The van der Waals surface area contributed by atoms with Crippen LogP contribution in [0.2, 0.25) is 0 Å². The third-order valence-electron chi connectivity index (χ3n) is 4.59. The summed E-state index contributed by atoms with van der Waals surface area (Å²) in [6.45, 7) is 8.55. The van der Waals surface area contributed by atoms with Crippen molar-refractivity contribution in [2.75, 3.05) is 0 Å². The van der Waals surface area contributed by atoms with Crippen molar-refractivity contribution >= 4 is 18.5 Å². The van der Waals surface area contributed by atoms with E-state index in [1.54, 1.807) is 45.9 Å². The van der Waals surface area contributed by atoms with Crippen LogP contribution in [0.5, 0.6) is 0 Å². The van der Waals surface area contributed by atoms with Crippen molar-refractivity contribution in [2.24, 2.45) is 0 Å². The molecule has 0 spiro atoms. The molecule has 0 radical (unpaired) electrons. The number of hydrogen-bond acceptors (Lipinski definition) is 4. The predicted octanol–water partition coefficient (Wildman–Crippen LogP) is 1.14. The molecule has 1 saturated carbocycles. The molecule has 23 heavy (non-hydrogen) atoms. The fraction of sp³-hybridized carbons (Fsp3) is 0.588. The second-order valence-corrected chi connectivity index (χ2v) is 7.36. The Kier molecular flexibility index (Phi) is 4.90. The molecule has 3 N–H and O–H groups in total. The average Bonchev–Trinajstić information content (AvgIpc) is 3.20. The number of carbonyl (C=O) groups excluding carboxylic acids is 1. The zero-order valence-corrected chi connectivity index (χ0v) is 14.5. The van der Waals surface area contributed by atoms with Gasteiger partial charge >= 0.3 is 7.12 Å². The van der Waals surface area contributed by atoms with Crippen LogP contribution in [0.3, 0.4) is 0 Å². The summed E-state index contributed by atoms with van der Waals surface area (Å²) in [7, 11) is -1.17. The Balaban J connectivity index is 2.12. The quantitative estimate of drug-likeness (QED) is 0.687. The molecule has 126 valence electrons. The zero-order valence-electron chi connectivity index (χ0n) is 14.5. The summed E-state index contributed by atoms with van der Waals surface area (Å²) in [6.07, 6.45) is 2.09. The monoisotopic (exact) mass is 319 g/mol. The van der Waals surface area contributed by atoms with Crippen LogP contribution in [0.25, 0.3) is 0 Å². The Hall–Kier alpha value is -1.37. The van der Waals surface area contributed by atoms with Crippen molar-refractivity contribution in [3.63, 3.8) is 0 Å². The molecule has 0 aromatic heterocycles. The van der Waals surface area contributed by atoms with Gasteiger partial charge in [0.05, 0.1) is 11.2 Å². The van der Waals surface area contributed by atoms with Crippen molar-refractivity contribution in [1.29, 1.82) is 0 Å². The van der Waals surface area contributed by atoms with Gasteiger partial charge in [0, 0.05) is 11.6 Å². The molecule has 1 aromatic carbocycles. The first-order valence-electron chi connectivity index (χ1n) is 8.01. The fourth-order valence-electron chi connectivity index (χ4n) is 2.08. The minimum absolute atomic E-state index is 0.0885. The first-order valence-corrected chi connectivity index (χ1v) is 8.01. The van der Waals surface area contributed by atoms with Crippen molar-refractivity contribution < 1.29 is 19.6 Å². The van der Waals surface area contributed by atoms with Crippen molar-refractivity contribution in [3.05, 3.63) is 29.3 Å². The lowest BCUT2D eigenvalue weighted by Crippen LogP contribution is -2.53. The fourth-order valence-corrected chi connectivity index (χ4v) is 2.08. The first-order chi connectivity index (χ1) is 10.5. The van der Waals surface area contributed by atoms with Crippen molar-refractivity contribution in [1.82, 2.24) is 5.32 Å². The largest absolute Gasteiger partial charge is 0.491 e. The highest BCUT2D eigenvalue weighted by Gasteiger charge is 2.39. The van der Waals surface area contributed by atoms with E-state index in [0.29, 0.717) is 17.1 Å². The van der Waals surface area contributed by atoms with Gasteiger partial charge in [-0.15, -0.1) is 0 Å². The normalized spacial score (nSPS) is 15.4. The van der Waals surface area contributed by atoms with E-state index in [1.165, 1.54) is 0 Å². The minimum Gasteiger partial charge on any atom is -0.423 e. The standard InChI is InChI=1S/C17H26BNO4/c1-11-10-12(15(20)19-13-7-8-13)6-9-14(11)18(22)23-17(4,5)16(2,3)21/h6,9-10,13,21-22H,7-8H2,1-5H3,(H,19,20). The number of carbonyl (C=O) groups is 1. The van der Waals surface area contributed by atoms with Crippen molar-refractivity contribution in [2.45, 2.75) is 64.7 Å². The molecule has 1 amide bonds. The van der Waals surface area contributed by atoms with Gasteiger partial charge in [-0.25, -0.2) is 0 Å². The second-order valence-electron chi connectivity index (χ2n) is 7.36. The molecule has 2 rings (SSSR count). The summed E-state index contributed by atoms with van der Waals surface area (Å²) >= 11 is 0. The van der Waals surface area contributed by atoms with Crippen LogP contribution < -0.4 is 10.8 Å². The Morgan fingerprint density at radius 3 is 2.39 bits per heavy atom. The van der Waals surface area contributed by atoms with Gasteiger partial charge in [-0.05, 0) is 65.1 Å². The van der Waals surface area contributed by atoms with Crippen LogP contribution >= 0.6 is 0 Å². The van der Waals surface area contributed by atoms with Gasteiger partial charge in [0.15, 0.2) is 0 Å². The number of aryl methyl sites for hydroxylation is 1. The lowest BCUT2D eigenvalue weighted by Gasteiger charge is -2.38. The number of nitrogens with one attached hydrogen (secondary N) is 1. The van der Waals surface area contributed by atoms with Crippen LogP contribution in [0, 0.1) is 6.92 Å². The number of hydrogen-bond donors (Lipinski definition) is 3. The van der Waals surface area contributed by atoms with E-state index < -0.39 is 18.3 Å². The van der Waals surface area contributed by atoms with Gasteiger partial charge in [0.1, 0.15) is 0 Å². The lowest BCUT2D eigenvalue weighted by molar-refractivity contribution is -0.0982. The Morgan fingerprint density at radius 2 is 1.91 bits per heavy atom. The number of aliphatic hydroxyl groups is 1. The molecule has 1 aromatic rings. The third kappa shape index (κ3) is 4.34. The summed E-state index contributed by atoms with van der Waals surface area (Å²) in [5.41, 5.74) is -0.0998. The van der Waals surface area contributed by atoms with Gasteiger partial charge in [0.25, 0.3) is 5.91 Å². The molecule has 0 atom stereocenters. The number of rotatable bonds is 6. The van der Waals surface area contributed by atoms with Crippen LogP contribution in [-0.2, 0) is 4.65 Å². The van der Waals surface area contributed by atoms with Gasteiger partial charge in [0.2, 0.25) is 0 Å². The van der Waals surface area contributed by atoms with Crippen LogP contribution in [0.15, 0.2) is 18.2 Å². The topological polar surface area (TPSA) is 78.8 Å². The van der Waals surface area contributed by atoms with Gasteiger partial charge in [-0.2, -0.15) is 0 Å². The molecule has 0 saturated heterocycles. The van der Waals surface area contributed by atoms with E-state index in [9.17, 15) is 14.9 Å². The average molecular weight is 319 g/mol. The Morgan fingerprint density at radius 1 is 1.30 bits per heavy atom. The molecule has 1 aliphatic carbocycles. The van der Waals surface area contributed by atoms with E-state index >= 15 is 0 Å². The third-order valence-corrected chi connectivity index (χ3v) is 4.59. The summed E-state index contributed by atoms with van der Waals surface area (Å²) in [6, 6.07) is 5.44. The Bertz CT molecular complexity index is 591. The molecule has 1 aliphatic rings. The number of amides is 1. The van der Waals surface area contributed by atoms with E-state index in [2.05, 4.69) is 5.32 Å². The van der Waals surface area contributed by atoms with Gasteiger partial charge in [-0.3, -0.25) is 4.79 Å². The lowest BCUT2D eigenvalue weighted by atomic mass is 9.74. The number of benzene rings is 1. The van der Waals surface area contributed by atoms with Gasteiger partial charge < -0.3 is 20.1 Å². The highest BCUT2D eigenvalue weighted by Crippen LogP contribution is 2.25. The second kappa shape index (κ2) is 6.26. The summed E-state index contributed by atoms with van der Waals surface area (Å²) < 4.78 is 5.65. The molecule has 0 bridgehead atoms. The maximum Gasteiger partial charge on any atom is 0.491 e. The summed E-state index contributed by atoms with van der Waals surface area (Å²) in [5.74, 6) is -0.0885. The molecule has 5 nitrogen and oxygen atoms in total. The molecule has 1 fully saturated rings. The van der Waals surface area contributed by atoms with Crippen LogP contribution in [0.4, 0.5) is 0 Å². The van der Waals surface area contributed by atoms with E-state index in [-0.39, 0.29) is 5.91 Å². The molecular formula is C17H26BNO4. The van der Waals surface area contributed by atoms with E-state index in [4.69, 9.17) is 4.65 Å². The van der Waals surface area contributed by atoms with E-state index in [1.807, 2.05) is 6.92 Å². The predicted molar refractivity (Wildman–Crippen MR) is 90.7 cm³/mol. The maximum absolute atomic E-state index is 12.1. The SMILES string of the molecule is Cc1cc(C(=O)NC2CC2)ccc1B(O)OC(C)(C)C(C)(C)O. The smallest absolute Gasteiger partial charge is 0.423 e. The van der Waals surface area contributed by atoms with Crippen molar-refractivity contribution in [3.8, 4) is 0 Å². The minimum atomic E-state index is -1.17. The summed E-state index contributed by atoms with van der Waals surface area (Å²) in [4.78, 5) is 12.1. The molecule has 0 aliphatic heterocycles.